The molecule has 3 N–H and O–H groups in total. The van der Waals surface area contributed by atoms with Gasteiger partial charge in [-0.25, -0.2) is 4.79 Å². The van der Waals surface area contributed by atoms with Gasteiger partial charge in [-0.15, -0.1) is 0 Å². The molecule has 310 valence electrons. The summed E-state index contributed by atoms with van der Waals surface area (Å²) in [5.41, 5.74) is 5.10. The lowest BCUT2D eigenvalue weighted by Crippen LogP contribution is -2.56. The number of nitrogens with one attached hydrogen (secondary N) is 1. The van der Waals surface area contributed by atoms with Crippen molar-refractivity contribution >= 4 is 17.8 Å². The molecular formula is C48H49N3O9. The average Bonchev–Trinajstić information content (AvgIpc) is 3.26. The van der Waals surface area contributed by atoms with Crippen molar-refractivity contribution in [2.24, 2.45) is 5.92 Å². The summed E-state index contributed by atoms with van der Waals surface area (Å²) >= 11 is 0. The molecule has 8 rings (SSSR count). The van der Waals surface area contributed by atoms with Crippen molar-refractivity contribution in [1.29, 1.82) is 0 Å². The number of fused-ring (bicyclic) bond motifs is 2. The Hall–Kier alpha value is -6.56. The van der Waals surface area contributed by atoms with E-state index in [1.807, 2.05) is 50.2 Å². The van der Waals surface area contributed by atoms with Crippen molar-refractivity contribution in [1.82, 2.24) is 15.2 Å². The largest absolute Gasteiger partial charge is 0.508 e. The third-order valence-corrected chi connectivity index (χ3v) is 11.8. The molecule has 60 heavy (non-hydrogen) atoms. The number of rotatable bonds is 12. The lowest BCUT2D eigenvalue weighted by atomic mass is 9.90. The first-order valence-electron chi connectivity index (χ1n) is 20.6. The molecule has 3 atom stereocenters. The SMILES string of the molecule is Cc1nccc(Oc2ccc(C[C@H](NC(=O)[C@@H]3Cc4cc5c(cc4CN3C(=O)c3cccc(O)c3)O[C@@H](c3ccc(OCC4CCCCC4)cc3)CO5)C(=O)O)cc2)c1C. The molecule has 2 aliphatic heterocycles. The number of carboxylic acids is 1. The number of hydrogen-bond donors (Lipinski definition) is 3. The maximum absolute atomic E-state index is 14.2. The van der Waals surface area contributed by atoms with Crippen LogP contribution in [0.25, 0.3) is 0 Å². The predicted octanol–water partition coefficient (Wildman–Crippen LogP) is 8.05. The van der Waals surface area contributed by atoms with Crippen LogP contribution in [0.5, 0.6) is 34.5 Å². The highest BCUT2D eigenvalue weighted by atomic mass is 16.6. The van der Waals surface area contributed by atoms with Gasteiger partial charge in [0.15, 0.2) is 17.6 Å². The van der Waals surface area contributed by atoms with Gasteiger partial charge in [-0.05, 0) is 116 Å². The molecule has 3 aliphatic rings. The molecule has 5 aromatic rings. The minimum atomic E-state index is -1.29. The van der Waals surface area contributed by atoms with Crippen molar-refractivity contribution < 1.29 is 43.5 Å². The molecule has 1 aliphatic carbocycles. The molecule has 12 heteroatoms. The third kappa shape index (κ3) is 9.17. The monoisotopic (exact) mass is 811 g/mol. The normalized spacial score (nSPS) is 17.9. The van der Waals surface area contributed by atoms with Crippen LogP contribution in [0.4, 0.5) is 0 Å². The van der Waals surface area contributed by atoms with Gasteiger partial charge in [-0.3, -0.25) is 14.6 Å². The molecule has 0 spiro atoms. The number of aliphatic carboxylic acids is 1. The number of aryl methyl sites for hydroxylation is 1. The van der Waals surface area contributed by atoms with Crippen LogP contribution < -0.4 is 24.3 Å². The lowest BCUT2D eigenvalue weighted by Gasteiger charge is -2.37. The highest BCUT2D eigenvalue weighted by molar-refractivity contribution is 5.99. The topological polar surface area (TPSA) is 157 Å². The van der Waals surface area contributed by atoms with Crippen molar-refractivity contribution in [3.63, 3.8) is 0 Å². The van der Waals surface area contributed by atoms with Gasteiger partial charge >= 0.3 is 5.97 Å². The highest BCUT2D eigenvalue weighted by Gasteiger charge is 2.38. The lowest BCUT2D eigenvalue weighted by molar-refractivity contribution is -0.142. The molecule has 0 unspecified atom stereocenters. The van der Waals surface area contributed by atoms with Gasteiger partial charge in [0.25, 0.3) is 5.91 Å². The summed E-state index contributed by atoms with van der Waals surface area (Å²) < 4.78 is 24.8. The summed E-state index contributed by atoms with van der Waals surface area (Å²) in [5, 5.41) is 23.2. The number of phenolic OH excluding ortho intramolecular Hbond substituents is 1. The summed E-state index contributed by atoms with van der Waals surface area (Å²) in [6, 6.07) is 24.0. The van der Waals surface area contributed by atoms with E-state index in [0.29, 0.717) is 34.5 Å². The van der Waals surface area contributed by atoms with Crippen LogP contribution in [0.2, 0.25) is 0 Å². The fraction of sp³-hybridized carbons (Fsp3) is 0.333. The molecule has 1 aromatic heterocycles. The number of carboxylic acid groups (broad SMARTS) is 1. The molecule has 4 aromatic carbocycles. The number of benzene rings is 4. The van der Waals surface area contributed by atoms with Crippen molar-refractivity contribution in [2.45, 2.75) is 83.5 Å². The first kappa shape index (κ1) is 40.2. The standard InChI is InChI=1S/C48H49N3O9/c1-29-30(2)49-20-19-42(29)59-39-15-11-31(12-16-39)21-40(48(55)56)50-46(53)41-23-35-24-43-44(25-36(35)26-51(41)47(54)34-9-6-10-37(52)22-34)60-45(28-58-43)33-13-17-38(18-14-33)57-27-32-7-4-3-5-8-32/h6,9-20,22,24-25,32,40-41,45,52H,3-5,7-8,21,23,26-28H2,1-2H3,(H,50,53)(H,55,56)/t40-,41-,45+/m0/s1. The second-order valence-electron chi connectivity index (χ2n) is 15.9. The Morgan fingerprint density at radius 2 is 1.65 bits per heavy atom. The molecule has 0 radical (unpaired) electrons. The number of phenols is 1. The number of carbonyl (C=O) groups is 3. The Labute approximate surface area is 349 Å². The van der Waals surface area contributed by atoms with Gasteiger partial charge in [0.1, 0.15) is 41.7 Å². The Bertz CT molecular complexity index is 2360. The van der Waals surface area contributed by atoms with Crippen molar-refractivity contribution in [3.05, 3.63) is 136 Å². The molecule has 0 bridgehead atoms. The third-order valence-electron chi connectivity index (χ3n) is 11.8. The quantitative estimate of drug-likeness (QED) is 0.113. The fourth-order valence-corrected chi connectivity index (χ4v) is 8.17. The average molecular weight is 812 g/mol. The van der Waals surface area contributed by atoms with Gasteiger partial charge in [-0.2, -0.15) is 0 Å². The second-order valence-corrected chi connectivity index (χ2v) is 15.9. The number of carbonyl (C=O) groups excluding carboxylic acids is 2. The summed E-state index contributed by atoms with van der Waals surface area (Å²) in [7, 11) is 0. The number of aromatic nitrogens is 1. The van der Waals surface area contributed by atoms with Gasteiger partial charge < -0.3 is 39.4 Å². The maximum Gasteiger partial charge on any atom is 0.326 e. The van der Waals surface area contributed by atoms with Crippen LogP contribution in [-0.2, 0) is 29.0 Å². The zero-order valence-electron chi connectivity index (χ0n) is 33.8. The first-order valence-corrected chi connectivity index (χ1v) is 20.6. The van der Waals surface area contributed by atoms with Crippen LogP contribution in [-0.4, -0.2) is 63.2 Å². The van der Waals surface area contributed by atoms with E-state index in [1.165, 1.54) is 49.1 Å². The number of nitrogens with zero attached hydrogens (tertiary/aromatic N) is 2. The minimum absolute atomic E-state index is 0.00533. The summed E-state index contributed by atoms with van der Waals surface area (Å²) in [6.07, 6.45) is 7.69. The highest BCUT2D eigenvalue weighted by Crippen LogP contribution is 2.41. The van der Waals surface area contributed by atoms with Crippen molar-refractivity contribution in [2.75, 3.05) is 13.2 Å². The first-order chi connectivity index (χ1) is 29.1. The summed E-state index contributed by atoms with van der Waals surface area (Å²) in [4.78, 5) is 46.6. The Morgan fingerprint density at radius 3 is 2.40 bits per heavy atom. The number of amides is 2. The predicted molar refractivity (Wildman–Crippen MR) is 223 cm³/mol. The molecule has 3 heterocycles. The zero-order chi connectivity index (χ0) is 41.8. The van der Waals surface area contributed by atoms with Crippen LogP contribution >= 0.6 is 0 Å². The molecular weight excluding hydrogens is 763 g/mol. The zero-order valence-corrected chi connectivity index (χ0v) is 33.8. The van der Waals surface area contributed by atoms with Crippen molar-refractivity contribution in [3.8, 4) is 34.5 Å². The van der Waals surface area contributed by atoms with Crippen LogP contribution in [0, 0.1) is 19.8 Å². The molecule has 0 saturated heterocycles. The number of pyridine rings is 1. The van der Waals surface area contributed by atoms with Crippen LogP contribution in [0.15, 0.2) is 97.2 Å². The van der Waals surface area contributed by atoms with E-state index in [4.69, 9.17) is 18.9 Å². The molecule has 12 nitrogen and oxygen atoms in total. The molecule has 2 amide bonds. The van der Waals surface area contributed by atoms with E-state index in [2.05, 4.69) is 10.3 Å². The van der Waals surface area contributed by atoms with Gasteiger partial charge in [-0.1, -0.05) is 49.6 Å². The van der Waals surface area contributed by atoms with Gasteiger partial charge in [0.2, 0.25) is 5.91 Å². The van der Waals surface area contributed by atoms with E-state index in [0.717, 1.165) is 40.3 Å². The minimum Gasteiger partial charge on any atom is -0.508 e. The number of ether oxygens (including phenoxy) is 4. The van der Waals surface area contributed by atoms with Gasteiger partial charge in [0, 0.05) is 42.4 Å². The van der Waals surface area contributed by atoms with Gasteiger partial charge in [0.05, 0.1) is 6.61 Å². The Kier molecular flexibility index (Phi) is 11.9. The smallest absolute Gasteiger partial charge is 0.326 e. The van der Waals surface area contributed by atoms with E-state index < -0.39 is 29.9 Å². The van der Waals surface area contributed by atoms with Crippen LogP contribution in [0.3, 0.4) is 0 Å². The Morgan fingerprint density at radius 1 is 0.900 bits per heavy atom. The van der Waals surface area contributed by atoms with E-state index in [-0.39, 0.29) is 43.4 Å². The fourth-order valence-electron chi connectivity index (χ4n) is 8.17. The summed E-state index contributed by atoms with van der Waals surface area (Å²) in [6.45, 7) is 4.87. The summed E-state index contributed by atoms with van der Waals surface area (Å²) in [5.74, 6) is 1.29. The van der Waals surface area contributed by atoms with E-state index in [9.17, 15) is 24.6 Å². The van der Waals surface area contributed by atoms with E-state index in [1.54, 1.807) is 48.7 Å². The van der Waals surface area contributed by atoms with Crippen LogP contribution in [0.1, 0.15) is 82.1 Å². The molecule has 1 saturated carbocycles. The Balaban J connectivity index is 0.976. The second kappa shape index (κ2) is 17.7. The maximum atomic E-state index is 14.2. The number of aromatic hydroxyl groups is 1. The molecule has 1 fully saturated rings. The number of hydrogen-bond acceptors (Lipinski definition) is 9. The van der Waals surface area contributed by atoms with E-state index >= 15 is 0 Å².